The number of hydrogen-bond acceptors (Lipinski definition) is 4. The van der Waals surface area contributed by atoms with E-state index < -0.39 is 0 Å². The van der Waals surface area contributed by atoms with Crippen molar-refractivity contribution in [1.82, 2.24) is 15.3 Å². The molecule has 2 aromatic rings. The monoisotopic (exact) mass is 299 g/mol. The maximum Gasteiger partial charge on any atom is 0.253 e. The molecule has 2 N–H and O–H groups in total. The highest BCUT2D eigenvalue weighted by Crippen LogP contribution is 2.29. The highest BCUT2D eigenvalue weighted by atomic mass is 16.5. The number of carbonyl (C=O) groups is 1. The first-order valence-corrected chi connectivity index (χ1v) is 7.25. The van der Waals surface area contributed by atoms with Gasteiger partial charge >= 0.3 is 0 Å². The summed E-state index contributed by atoms with van der Waals surface area (Å²) in [5.41, 5.74) is 1.10. The van der Waals surface area contributed by atoms with Crippen molar-refractivity contribution in [2.24, 2.45) is 5.92 Å². The van der Waals surface area contributed by atoms with E-state index in [0.717, 1.165) is 5.56 Å². The first-order chi connectivity index (χ1) is 10.7. The Morgan fingerprint density at radius 2 is 2.23 bits per heavy atom. The molecule has 6 nitrogen and oxygen atoms in total. The third-order valence-corrected chi connectivity index (χ3v) is 3.46. The Morgan fingerprint density at radius 3 is 2.95 bits per heavy atom. The van der Waals surface area contributed by atoms with E-state index >= 15 is 0 Å². The molecule has 0 spiro atoms. The van der Waals surface area contributed by atoms with Crippen molar-refractivity contribution in [1.29, 1.82) is 0 Å². The molecule has 0 aliphatic heterocycles. The lowest BCUT2D eigenvalue weighted by atomic mass is 10.2. The second-order valence-electron chi connectivity index (χ2n) is 5.38. The number of aromatic nitrogens is 2. The van der Waals surface area contributed by atoms with Crippen LogP contribution in [0, 0.1) is 5.92 Å². The molecule has 2 aromatic heterocycles. The molecule has 0 atom stereocenters. The van der Waals surface area contributed by atoms with E-state index in [4.69, 9.17) is 4.74 Å². The lowest BCUT2D eigenvalue weighted by molar-refractivity contribution is 0.0950. The number of amides is 1. The average Bonchev–Trinajstić information content (AvgIpc) is 3.36. The van der Waals surface area contributed by atoms with Gasteiger partial charge < -0.3 is 15.0 Å². The van der Waals surface area contributed by atoms with Gasteiger partial charge in [-0.05, 0) is 36.5 Å². The Balaban J connectivity index is 1.55. The van der Waals surface area contributed by atoms with Gasteiger partial charge in [0.1, 0.15) is 0 Å². The Hall–Kier alpha value is -2.63. The minimum absolute atomic E-state index is 0.233. The highest BCUT2D eigenvalue weighted by Gasteiger charge is 2.22. The van der Waals surface area contributed by atoms with Crippen LogP contribution >= 0.6 is 0 Å². The minimum atomic E-state index is -0.242. The number of nitrogens with zero attached hydrogens (tertiary/aromatic N) is 1. The van der Waals surface area contributed by atoms with Gasteiger partial charge in [-0.15, -0.1) is 0 Å². The van der Waals surface area contributed by atoms with Crippen molar-refractivity contribution in [3.8, 4) is 5.88 Å². The van der Waals surface area contributed by atoms with E-state index in [9.17, 15) is 9.59 Å². The Bertz CT molecular complexity index is 702. The van der Waals surface area contributed by atoms with Crippen LogP contribution in [-0.2, 0) is 6.54 Å². The van der Waals surface area contributed by atoms with Crippen molar-refractivity contribution in [3.63, 3.8) is 0 Å². The number of rotatable bonds is 6. The topological polar surface area (TPSA) is 84.1 Å². The van der Waals surface area contributed by atoms with Gasteiger partial charge in [0.05, 0.1) is 12.2 Å². The lowest BCUT2D eigenvalue weighted by Crippen LogP contribution is -2.23. The van der Waals surface area contributed by atoms with Gasteiger partial charge in [-0.1, -0.05) is 0 Å². The second-order valence-corrected chi connectivity index (χ2v) is 5.38. The van der Waals surface area contributed by atoms with Gasteiger partial charge in [0.2, 0.25) is 11.4 Å². The van der Waals surface area contributed by atoms with Crippen LogP contribution in [0.15, 0.2) is 41.5 Å². The van der Waals surface area contributed by atoms with Crippen LogP contribution in [-0.4, -0.2) is 22.5 Å². The molecule has 0 unspecified atom stereocenters. The van der Waals surface area contributed by atoms with Crippen LogP contribution in [0.2, 0.25) is 0 Å². The summed E-state index contributed by atoms with van der Waals surface area (Å²) < 4.78 is 5.61. The summed E-state index contributed by atoms with van der Waals surface area (Å²) in [6.45, 7) is 1.08. The van der Waals surface area contributed by atoms with Crippen molar-refractivity contribution in [3.05, 3.63) is 58.1 Å². The fraction of sp³-hybridized carbons (Fsp3) is 0.312. The number of hydrogen-bond donors (Lipinski definition) is 2. The standard InChI is InChI=1S/C16H17N3O3/c20-14-4-3-13(9-18-14)16(21)19-8-12-5-6-17-15(7-12)22-10-11-1-2-11/h3-7,9,11H,1-2,8,10H2,(H,18,20)(H,19,21). The summed E-state index contributed by atoms with van der Waals surface area (Å²) in [7, 11) is 0. The van der Waals surface area contributed by atoms with E-state index in [0.29, 0.717) is 30.5 Å². The lowest BCUT2D eigenvalue weighted by Gasteiger charge is -2.08. The fourth-order valence-electron chi connectivity index (χ4n) is 1.96. The van der Waals surface area contributed by atoms with Gasteiger partial charge in [0.25, 0.3) is 5.91 Å². The van der Waals surface area contributed by atoms with Crippen LogP contribution in [0.4, 0.5) is 0 Å². The van der Waals surface area contributed by atoms with E-state index in [2.05, 4.69) is 15.3 Å². The van der Waals surface area contributed by atoms with Crippen molar-refractivity contribution >= 4 is 5.91 Å². The molecule has 2 heterocycles. The Labute approximate surface area is 127 Å². The number of pyridine rings is 2. The van der Waals surface area contributed by atoms with Gasteiger partial charge in [-0.3, -0.25) is 9.59 Å². The molecule has 6 heteroatoms. The first kappa shape index (κ1) is 14.3. The second kappa shape index (κ2) is 6.43. The Morgan fingerprint density at radius 1 is 1.36 bits per heavy atom. The summed E-state index contributed by atoms with van der Waals surface area (Å²) in [6.07, 6.45) is 5.53. The summed E-state index contributed by atoms with van der Waals surface area (Å²) in [5.74, 6) is 1.02. The number of ether oxygens (including phenoxy) is 1. The average molecular weight is 299 g/mol. The number of H-pyrrole nitrogens is 1. The molecule has 1 amide bonds. The smallest absolute Gasteiger partial charge is 0.253 e. The van der Waals surface area contributed by atoms with Crippen LogP contribution < -0.4 is 15.6 Å². The van der Waals surface area contributed by atoms with Crippen molar-refractivity contribution in [2.45, 2.75) is 19.4 Å². The van der Waals surface area contributed by atoms with Gasteiger partial charge in [-0.25, -0.2) is 4.98 Å². The maximum absolute atomic E-state index is 12.0. The molecule has 1 aliphatic rings. The predicted octanol–water partition coefficient (Wildman–Crippen LogP) is 1.49. The SMILES string of the molecule is O=C(NCc1ccnc(OCC2CC2)c1)c1ccc(=O)[nH]c1. The van der Waals surface area contributed by atoms with Crippen LogP contribution in [0.25, 0.3) is 0 Å². The predicted molar refractivity (Wildman–Crippen MR) is 80.7 cm³/mol. The molecule has 114 valence electrons. The van der Waals surface area contributed by atoms with Crippen molar-refractivity contribution < 1.29 is 9.53 Å². The summed E-state index contributed by atoms with van der Waals surface area (Å²) in [6, 6.07) is 6.47. The first-order valence-electron chi connectivity index (χ1n) is 7.25. The fourth-order valence-corrected chi connectivity index (χ4v) is 1.96. The highest BCUT2D eigenvalue weighted by molar-refractivity contribution is 5.93. The minimum Gasteiger partial charge on any atom is -0.477 e. The molecular formula is C16H17N3O3. The van der Waals surface area contributed by atoms with E-state index in [1.165, 1.54) is 31.2 Å². The molecule has 0 bridgehead atoms. The van der Waals surface area contributed by atoms with E-state index in [1.807, 2.05) is 12.1 Å². The molecule has 1 aliphatic carbocycles. The largest absolute Gasteiger partial charge is 0.477 e. The number of nitrogens with one attached hydrogen (secondary N) is 2. The van der Waals surface area contributed by atoms with Crippen LogP contribution in [0.5, 0.6) is 5.88 Å². The third kappa shape index (κ3) is 3.94. The maximum atomic E-state index is 12.0. The zero-order valence-corrected chi connectivity index (χ0v) is 12.0. The molecule has 0 radical (unpaired) electrons. The van der Waals surface area contributed by atoms with Gasteiger partial charge in [-0.2, -0.15) is 0 Å². The molecule has 3 rings (SSSR count). The molecule has 1 saturated carbocycles. The quantitative estimate of drug-likeness (QED) is 0.846. The third-order valence-electron chi connectivity index (χ3n) is 3.46. The van der Waals surface area contributed by atoms with Crippen LogP contribution in [0.3, 0.4) is 0 Å². The summed E-state index contributed by atoms with van der Waals surface area (Å²) >= 11 is 0. The molecule has 0 aromatic carbocycles. The zero-order chi connectivity index (χ0) is 15.4. The number of carbonyl (C=O) groups excluding carboxylic acids is 1. The summed E-state index contributed by atoms with van der Waals surface area (Å²) in [4.78, 5) is 29.6. The van der Waals surface area contributed by atoms with Gasteiger partial charge in [0.15, 0.2) is 0 Å². The molecular weight excluding hydrogens is 282 g/mol. The van der Waals surface area contributed by atoms with Crippen molar-refractivity contribution in [2.75, 3.05) is 6.61 Å². The normalized spacial score (nSPS) is 13.6. The van der Waals surface area contributed by atoms with Crippen LogP contribution in [0.1, 0.15) is 28.8 Å². The van der Waals surface area contributed by atoms with E-state index in [1.54, 1.807) is 6.20 Å². The molecule has 0 saturated heterocycles. The number of aromatic amines is 1. The molecule has 1 fully saturated rings. The van der Waals surface area contributed by atoms with Gasteiger partial charge in [0, 0.05) is 31.1 Å². The zero-order valence-electron chi connectivity index (χ0n) is 12.0. The summed E-state index contributed by atoms with van der Waals surface area (Å²) in [5, 5.41) is 2.79. The Kier molecular flexibility index (Phi) is 4.18. The molecule has 22 heavy (non-hydrogen) atoms. The van der Waals surface area contributed by atoms with E-state index in [-0.39, 0.29) is 11.5 Å².